The monoisotopic (exact) mass is 243 g/mol. The average molecular weight is 243 g/mol. The first-order valence-electron chi connectivity index (χ1n) is 5.78. The summed E-state index contributed by atoms with van der Waals surface area (Å²) >= 11 is 0. The normalized spacial score (nSPS) is 12.4. The second kappa shape index (κ2) is 7.84. The molecule has 2 N–H and O–H groups in total. The quantitative estimate of drug-likeness (QED) is 0.599. The van der Waals surface area contributed by atoms with Crippen LogP contribution in [0.1, 0.15) is 26.7 Å². The molecule has 0 aliphatic carbocycles. The number of hydrogen-bond donors (Lipinski definition) is 2. The Morgan fingerprint density at radius 2 is 1.76 bits per heavy atom. The van der Waals surface area contributed by atoms with Crippen molar-refractivity contribution in [1.29, 1.82) is 0 Å². The van der Waals surface area contributed by atoms with Crippen molar-refractivity contribution in [2.75, 3.05) is 19.6 Å². The van der Waals surface area contributed by atoms with Crippen LogP contribution in [0.2, 0.25) is 0 Å². The molecule has 0 amide bonds. The van der Waals surface area contributed by atoms with Gasteiger partial charge in [-0.3, -0.25) is 4.79 Å². The van der Waals surface area contributed by atoms with E-state index in [4.69, 9.17) is 10.2 Å². The first-order chi connectivity index (χ1) is 7.92. The van der Waals surface area contributed by atoms with Gasteiger partial charge in [0.1, 0.15) is 0 Å². The summed E-state index contributed by atoms with van der Waals surface area (Å²) in [5.41, 5.74) is -0.0143. The Labute approximate surface area is 102 Å². The van der Waals surface area contributed by atoms with E-state index in [1.165, 1.54) is 0 Å². The maximum atomic E-state index is 10.8. The van der Waals surface area contributed by atoms with Gasteiger partial charge in [0, 0.05) is 11.5 Å². The molecule has 0 aromatic rings. The Balaban J connectivity index is 4.43. The molecule has 1 unspecified atom stereocenters. The van der Waals surface area contributed by atoms with Gasteiger partial charge in [0.2, 0.25) is 0 Å². The summed E-state index contributed by atoms with van der Waals surface area (Å²) < 4.78 is 0. The molecular formula is C12H21NO4. The fourth-order valence-electron chi connectivity index (χ4n) is 1.66. The van der Waals surface area contributed by atoms with Crippen molar-refractivity contribution in [3.05, 3.63) is 12.2 Å². The standard InChI is InChI=1S/C12H21NO4/c1-4-13(5-2)7-6-10(8-11(14)15)9(3)12(16)17/h10H,3-8H2,1-2H3,(H,14,15)(H,16,17). The smallest absolute Gasteiger partial charge is 0.331 e. The molecule has 0 aromatic heterocycles. The molecule has 17 heavy (non-hydrogen) atoms. The second-order valence-electron chi connectivity index (χ2n) is 3.94. The predicted molar refractivity (Wildman–Crippen MR) is 64.9 cm³/mol. The molecule has 0 saturated carbocycles. The minimum Gasteiger partial charge on any atom is -0.481 e. The highest BCUT2D eigenvalue weighted by molar-refractivity contribution is 5.87. The van der Waals surface area contributed by atoms with E-state index in [0.717, 1.165) is 13.1 Å². The molecule has 5 nitrogen and oxygen atoms in total. The Hall–Kier alpha value is -1.36. The third kappa shape index (κ3) is 6.06. The van der Waals surface area contributed by atoms with Crippen molar-refractivity contribution in [3.63, 3.8) is 0 Å². The number of nitrogens with zero attached hydrogens (tertiary/aromatic N) is 1. The zero-order valence-corrected chi connectivity index (χ0v) is 10.5. The van der Waals surface area contributed by atoms with Crippen LogP contribution >= 0.6 is 0 Å². The molecule has 1 atom stereocenters. The van der Waals surface area contributed by atoms with E-state index in [9.17, 15) is 9.59 Å². The number of rotatable bonds is 9. The molecule has 0 saturated heterocycles. The molecule has 0 aromatic carbocycles. The summed E-state index contributed by atoms with van der Waals surface area (Å²) in [7, 11) is 0. The second-order valence-corrected chi connectivity index (χ2v) is 3.94. The molecule has 0 radical (unpaired) electrons. The summed E-state index contributed by atoms with van der Waals surface area (Å²) in [4.78, 5) is 23.6. The van der Waals surface area contributed by atoms with Gasteiger partial charge in [-0.05, 0) is 26.1 Å². The van der Waals surface area contributed by atoms with Gasteiger partial charge >= 0.3 is 11.9 Å². The fourth-order valence-corrected chi connectivity index (χ4v) is 1.66. The SMILES string of the molecule is C=C(C(=O)O)C(CCN(CC)CC)CC(=O)O. The molecule has 0 bridgehead atoms. The lowest BCUT2D eigenvalue weighted by atomic mass is 9.93. The van der Waals surface area contributed by atoms with Crippen LogP contribution in [0.15, 0.2) is 12.2 Å². The molecule has 0 aliphatic rings. The van der Waals surface area contributed by atoms with Crippen molar-refractivity contribution < 1.29 is 19.8 Å². The minimum atomic E-state index is -1.12. The zero-order valence-electron chi connectivity index (χ0n) is 10.5. The molecule has 0 rings (SSSR count). The van der Waals surface area contributed by atoms with Gasteiger partial charge in [-0.1, -0.05) is 20.4 Å². The lowest BCUT2D eigenvalue weighted by Gasteiger charge is -2.21. The van der Waals surface area contributed by atoms with E-state index in [-0.39, 0.29) is 12.0 Å². The number of carboxylic acid groups (broad SMARTS) is 2. The van der Waals surface area contributed by atoms with Crippen molar-refractivity contribution in [2.45, 2.75) is 26.7 Å². The summed E-state index contributed by atoms with van der Waals surface area (Å²) in [6.07, 6.45) is 0.339. The van der Waals surface area contributed by atoms with Crippen molar-refractivity contribution >= 4 is 11.9 Å². The average Bonchev–Trinajstić information content (AvgIpc) is 2.27. The summed E-state index contributed by atoms with van der Waals surface area (Å²) in [5, 5.41) is 17.6. The molecular weight excluding hydrogens is 222 g/mol. The van der Waals surface area contributed by atoms with Crippen LogP contribution in [0.3, 0.4) is 0 Å². The maximum Gasteiger partial charge on any atom is 0.331 e. The highest BCUT2D eigenvalue weighted by Gasteiger charge is 2.21. The highest BCUT2D eigenvalue weighted by Crippen LogP contribution is 2.19. The largest absolute Gasteiger partial charge is 0.481 e. The number of aliphatic carboxylic acids is 2. The molecule has 98 valence electrons. The maximum absolute atomic E-state index is 10.8. The number of carbonyl (C=O) groups is 2. The van der Waals surface area contributed by atoms with Crippen LogP contribution in [0.5, 0.6) is 0 Å². The van der Waals surface area contributed by atoms with Crippen LogP contribution < -0.4 is 0 Å². The van der Waals surface area contributed by atoms with E-state index in [1.54, 1.807) is 0 Å². The van der Waals surface area contributed by atoms with Crippen molar-refractivity contribution in [1.82, 2.24) is 4.90 Å². The third-order valence-electron chi connectivity index (χ3n) is 2.88. The van der Waals surface area contributed by atoms with Crippen LogP contribution in [-0.4, -0.2) is 46.7 Å². The van der Waals surface area contributed by atoms with Crippen molar-refractivity contribution in [2.24, 2.45) is 5.92 Å². The van der Waals surface area contributed by atoms with Gasteiger partial charge in [0.15, 0.2) is 0 Å². The molecule has 5 heteroatoms. The van der Waals surface area contributed by atoms with Crippen LogP contribution in [-0.2, 0) is 9.59 Å². The Kier molecular flexibility index (Phi) is 7.21. The van der Waals surface area contributed by atoms with Gasteiger partial charge < -0.3 is 15.1 Å². The van der Waals surface area contributed by atoms with Crippen LogP contribution in [0, 0.1) is 5.92 Å². The number of hydrogen-bond acceptors (Lipinski definition) is 3. The van der Waals surface area contributed by atoms with Gasteiger partial charge in [-0.2, -0.15) is 0 Å². The summed E-state index contributed by atoms with van der Waals surface area (Å²) in [5.74, 6) is -2.60. The van der Waals surface area contributed by atoms with Gasteiger partial charge in [-0.15, -0.1) is 0 Å². The van der Waals surface area contributed by atoms with E-state index < -0.39 is 17.9 Å². The third-order valence-corrected chi connectivity index (χ3v) is 2.88. The van der Waals surface area contributed by atoms with Gasteiger partial charge in [-0.25, -0.2) is 4.79 Å². The molecule has 0 heterocycles. The lowest BCUT2D eigenvalue weighted by Crippen LogP contribution is -2.27. The molecule has 0 fully saturated rings. The van der Waals surface area contributed by atoms with Gasteiger partial charge in [0.05, 0.1) is 6.42 Å². The molecule has 0 spiro atoms. The predicted octanol–water partition coefficient (Wildman–Crippen LogP) is 1.45. The molecule has 0 aliphatic heterocycles. The van der Waals surface area contributed by atoms with E-state index in [0.29, 0.717) is 13.0 Å². The van der Waals surface area contributed by atoms with Crippen molar-refractivity contribution in [3.8, 4) is 0 Å². The minimum absolute atomic E-state index is 0.0143. The van der Waals surface area contributed by atoms with E-state index >= 15 is 0 Å². The van der Waals surface area contributed by atoms with E-state index in [2.05, 4.69) is 11.5 Å². The zero-order chi connectivity index (χ0) is 13.4. The first kappa shape index (κ1) is 15.6. The highest BCUT2D eigenvalue weighted by atomic mass is 16.4. The van der Waals surface area contributed by atoms with Crippen LogP contribution in [0.4, 0.5) is 0 Å². The summed E-state index contributed by atoms with van der Waals surface area (Å²) in [6, 6.07) is 0. The summed E-state index contributed by atoms with van der Waals surface area (Å²) in [6.45, 7) is 9.92. The lowest BCUT2D eigenvalue weighted by molar-refractivity contribution is -0.138. The fraction of sp³-hybridized carbons (Fsp3) is 0.667. The van der Waals surface area contributed by atoms with Gasteiger partial charge in [0.25, 0.3) is 0 Å². The number of carboxylic acids is 2. The Bertz CT molecular complexity index is 284. The Morgan fingerprint density at radius 3 is 2.12 bits per heavy atom. The first-order valence-corrected chi connectivity index (χ1v) is 5.78. The topological polar surface area (TPSA) is 77.8 Å². The Morgan fingerprint density at radius 1 is 1.24 bits per heavy atom. The van der Waals surface area contributed by atoms with E-state index in [1.807, 2.05) is 13.8 Å². The van der Waals surface area contributed by atoms with Crippen LogP contribution in [0.25, 0.3) is 0 Å².